The van der Waals surface area contributed by atoms with Crippen LogP contribution in [0.25, 0.3) is 0 Å². The molecule has 13 heavy (non-hydrogen) atoms. The number of nitrogens with two attached hydrogens (primary N) is 1. The van der Waals surface area contributed by atoms with Crippen molar-refractivity contribution in [3.05, 3.63) is 21.9 Å². The topological polar surface area (TPSA) is 47.3 Å². The molecule has 0 aliphatic rings. The zero-order valence-electron chi connectivity index (χ0n) is 8.04. The summed E-state index contributed by atoms with van der Waals surface area (Å²) >= 11 is 1.69. The molecule has 1 rings (SSSR count). The zero-order valence-corrected chi connectivity index (χ0v) is 8.86. The third-order valence-electron chi connectivity index (χ3n) is 1.96. The van der Waals surface area contributed by atoms with E-state index in [-0.39, 0.29) is 6.04 Å². The molecule has 0 spiro atoms. The van der Waals surface area contributed by atoms with E-state index in [1.54, 1.807) is 11.3 Å². The minimum absolute atomic E-state index is 0.117. The fraction of sp³-hybridized carbons (Fsp3) is 0.556. The lowest BCUT2D eigenvalue weighted by Gasteiger charge is -2.15. The molecule has 0 radical (unpaired) electrons. The molecular formula is C9H16N2OS. The van der Waals surface area contributed by atoms with Gasteiger partial charge < -0.3 is 4.74 Å². The van der Waals surface area contributed by atoms with Gasteiger partial charge >= 0.3 is 0 Å². The Morgan fingerprint density at radius 1 is 1.62 bits per heavy atom. The van der Waals surface area contributed by atoms with Crippen molar-refractivity contribution < 1.29 is 4.74 Å². The van der Waals surface area contributed by atoms with Crippen LogP contribution in [-0.4, -0.2) is 13.2 Å². The predicted octanol–water partition coefficient (Wildman–Crippen LogP) is 1.60. The Labute approximate surface area is 82.9 Å². The Hall–Kier alpha value is -0.420. The summed E-state index contributed by atoms with van der Waals surface area (Å²) in [4.78, 5) is 0. The second-order valence-electron chi connectivity index (χ2n) is 2.89. The highest BCUT2D eigenvalue weighted by Crippen LogP contribution is 2.21. The molecule has 0 saturated carbocycles. The lowest BCUT2D eigenvalue weighted by Crippen LogP contribution is -2.31. The Morgan fingerprint density at radius 2 is 2.38 bits per heavy atom. The van der Waals surface area contributed by atoms with E-state index >= 15 is 0 Å². The molecule has 1 unspecified atom stereocenters. The van der Waals surface area contributed by atoms with Gasteiger partial charge in [0.25, 0.3) is 0 Å². The second-order valence-corrected chi connectivity index (χ2v) is 3.63. The summed E-state index contributed by atoms with van der Waals surface area (Å²) < 4.78 is 5.33. The molecule has 3 N–H and O–H groups in total. The van der Waals surface area contributed by atoms with Crippen molar-refractivity contribution in [2.24, 2.45) is 5.84 Å². The quantitative estimate of drug-likeness (QED) is 0.560. The third-order valence-corrected chi connectivity index (χ3v) is 2.84. The van der Waals surface area contributed by atoms with Crippen LogP contribution in [0.5, 0.6) is 0 Å². The maximum Gasteiger partial charge on any atom is 0.0704 e. The molecule has 0 bridgehead atoms. The molecule has 0 aliphatic carbocycles. The van der Waals surface area contributed by atoms with E-state index in [0.717, 1.165) is 6.61 Å². The molecule has 0 aromatic carbocycles. The van der Waals surface area contributed by atoms with Crippen LogP contribution in [0.2, 0.25) is 0 Å². The highest BCUT2D eigenvalue weighted by molar-refractivity contribution is 7.08. The molecule has 74 valence electrons. The smallest absolute Gasteiger partial charge is 0.0704 e. The Balaban J connectivity index is 2.61. The molecule has 3 nitrogen and oxygen atoms in total. The first-order chi connectivity index (χ1) is 6.29. The molecule has 0 saturated heterocycles. The number of hydrogen-bond acceptors (Lipinski definition) is 4. The Morgan fingerprint density at radius 3 is 2.85 bits per heavy atom. The van der Waals surface area contributed by atoms with E-state index in [2.05, 4.69) is 23.1 Å². The van der Waals surface area contributed by atoms with Crippen LogP contribution in [0.15, 0.2) is 10.8 Å². The summed E-state index contributed by atoms with van der Waals surface area (Å²) in [6, 6.07) is 0.117. The molecule has 4 heteroatoms. The summed E-state index contributed by atoms with van der Waals surface area (Å²) in [5.41, 5.74) is 5.27. The molecule has 1 aromatic heterocycles. The van der Waals surface area contributed by atoms with Crippen LogP contribution in [0.3, 0.4) is 0 Å². The van der Waals surface area contributed by atoms with Gasteiger partial charge in [-0.2, -0.15) is 11.3 Å². The molecule has 1 aromatic rings. The van der Waals surface area contributed by atoms with Crippen molar-refractivity contribution in [3.63, 3.8) is 0 Å². The number of hydrazine groups is 1. The maximum absolute atomic E-state index is 5.45. The number of nitrogens with one attached hydrogen (secondary N) is 1. The fourth-order valence-electron chi connectivity index (χ4n) is 1.19. The number of aryl methyl sites for hydroxylation is 1. The largest absolute Gasteiger partial charge is 0.380 e. The highest BCUT2D eigenvalue weighted by atomic mass is 32.1. The molecule has 0 fully saturated rings. The predicted molar refractivity (Wildman–Crippen MR) is 55.6 cm³/mol. The summed E-state index contributed by atoms with van der Waals surface area (Å²) in [7, 11) is 0. The fourth-order valence-corrected chi connectivity index (χ4v) is 2.10. The lowest BCUT2D eigenvalue weighted by atomic mass is 10.1. The first-order valence-corrected chi connectivity index (χ1v) is 5.30. The first-order valence-electron chi connectivity index (χ1n) is 4.36. The SMILES string of the molecule is CCOCC(NN)c1cscc1C. The van der Waals surface area contributed by atoms with Crippen LogP contribution < -0.4 is 11.3 Å². The van der Waals surface area contributed by atoms with Gasteiger partial charge in [0.2, 0.25) is 0 Å². The monoisotopic (exact) mass is 200 g/mol. The average molecular weight is 200 g/mol. The van der Waals surface area contributed by atoms with Gasteiger partial charge in [0.15, 0.2) is 0 Å². The minimum atomic E-state index is 0.117. The van der Waals surface area contributed by atoms with E-state index in [1.807, 2.05) is 6.92 Å². The summed E-state index contributed by atoms with van der Waals surface area (Å²) in [6.07, 6.45) is 0. The summed E-state index contributed by atoms with van der Waals surface area (Å²) in [6.45, 7) is 5.42. The zero-order chi connectivity index (χ0) is 9.68. The van der Waals surface area contributed by atoms with Crippen LogP contribution in [-0.2, 0) is 4.74 Å². The highest BCUT2D eigenvalue weighted by Gasteiger charge is 2.12. The van der Waals surface area contributed by atoms with Gasteiger partial charge in [-0.15, -0.1) is 0 Å². The number of rotatable bonds is 5. The van der Waals surface area contributed by atoms with Gasteiger partial charge in [0, 0.05) is 6.61 Å². The van der Waals surface area contributed by atoms with Gasteiger partial charge in [0.1, 0.15) is 0 Å². The maximum atomic E-state index is 5.45. The average Bonchev–Trinajstić information content (AvgIpc) is 2.54. The van der Waals surface area contributed by atoms with Gasteiger partial charge in [0.05, 0.1) is 12.6 Å². The van der Waals surface area contributed by atoms with E-state index < -0.39 is 0 Å². The van der Waals surface area contributed by atoms with Crippen molar-refractivity contribution >= 4 is 11.3 Å². The normalized spacial score (nSPS) is 13.2. The van der Waals surface area contributed by atoms with Crippen molar-refractivity contribution in [1.82, 2.24) is 5.43 Å². The summed E-state index contributed by atoms with van der Waals surface area (Å²) in [5, 5.41) is 4.23. The standard InChI is InChI=1S/C9H16N2OS/c1-3-12-4-9(11-10)8-6-13-5-7(8)2/h5-6,9,11H,3-4,10H2,1-2H3. The van der Waals surface area contributed by atoms with Gasteiger partial charge in [-0.3, -0.25) is 11.3 Å². The van der Waals surface area contributed by atoms with Crippen molar-refractivity contribution in [2.45, 2.75) is 19.9 Å². The van der Waals surface area contributed by atoms with Crippen LogP contribution >= 0.6 is 11.3 Å². The summed E-state index contributed by atoms with van der Waals surface area (Å²) in [5.74, 6) is 5.45. The van der Waals surface area contributed by atoms with E-state index in [1.165, 1.54) is 11.1 Å². The van der Waals surface area contributed by atoms with Crippen LogP contribution in [0.4, 0.5) is 0 Å². The van der Waals surface area contributed by atoms with Gasteiger partial charge in [-0.05, 0) is 35.7 Å². The van der Waals surface area contributed by atoms with Crippen molar-refractivity contribution in [1.29, 1.82) is 0 Å². The van der Waals surface area contributed by atoms with E-state index in [0.29, 0.717) is 6.61 Å². The van der Waals surface area contributed by atoms with Crippen molar-refractivity contribution in [3.8, 4) is 0 Å². The number of hydrogen-bond donors (Lipinski definition) is 2. The number of ether oxygens (including phenoxy) is 1. The van der Waals surface area contributed by atoms with Crippen LogP contribution in [0.1, 0.15) is 24.1 Å². The first kappa shape index (κ1) is 10.7. The van der Waals surface area contributed by atoms with Crippen LogP contribution in [0, 0.1) is 6.92 Å². The van der Waals surface area contributed by atoms with E-state index in [9.17, 15) is 0 Å². The Kier molecular flexibility index (Phi) is 4.38. The molecule has 0 amide bonds. The van der Waals surface area contributed by atoms with Gasteiger partial charge in [-0.25, -0.2) is 0 Å². The van der Waals surface area contributed by atoms with Gasteiger partial charge in [-0.1, -0.05) is 0 Å². The van der Waals surface area contributed by atoms with Crippen molar-refractivity contribution in [2.75, 3.05) is 13.2 Å². The molecule has 0 aliphatic heterocycles. The molecule has 1 heterocycles. The minimum Gasteiger partial charge on any atom is -0.380 e. The lowest BCUT2D eigenvalue weighted by molar-refractivity contribution is 0.123. The molecular weight excluding hydrogens is 184 g/mol. The molecule has 1 atom stereocenters. The Bertz CT molecular complexity index is 250. The second kappa shape index (κ2) is 5.34. The van der Waals surface area contributed by atoms with E-state index in [4.69, 9.17) is 10.6 Å². The third kappa shape index (κ3) is 2.77. The number of thiophene rings is 1.